The predicted octanol–water partition coefficient (Wildman–Crippen LogP) is 7.07. The van der Waals surface area contributed by atoms with Crippen LogP contribution in [0.3, 0.4) is 0 Å². The lowest BCUT2D eigenvalue weighted by atomic mass is 9.88. The number of carbonyl (C=O) groups excluding carboxylic acids is 3. The molecule has 3 aromatic carbocycles. The zero-order chi connectivity index (χ0) is 33.7. The summed E-state index contributed by atoms with van der Waals surface area (Å²) in [5, 5.41) is 5.61. The molecule has 47 heavy (non-hydrogen) atoms. The molecule has 6 rings (SSSR count). The quantitative estimate of drug-likeness (QED) is 0.231. The van der Waals surface area contributed by atoms with E-state index in [9.17, 15) is 14.4 Å². The lowest BCUT2D eigenvalue weighted by Crippen LogP contribution is -2.56. The minimum Gasteiger partial charge on any atom is -0.478 e. The van der Waals surface area contributed by atoms with Gasteiger partial charge in [-0.1, -0.05) is 35.9 Å². The molecule has 2 saturated heterocycles. The second-order valence-electron chi connectivity index (χ2n) is 14.9. The molecule has 0 radical (unpaired) electrons. The molecule has 0 aromatic heterocycles. The van der Waals surface area contributed by atoms with Gasteiger partial charge in [-0.15, -0.1) is 0 Å². The van der Waals surface area contributed by atoms with Crippen LogP contribution in [0, 0.1) is 17.3 Å². The van der Waals surface area contributed by atoms with Crippen LogP contribution in [0.25, 0.3) is 21.9 Å². The van der Waals surface area contributed by atoms with Gasteiger partial charge in [0.1, 0.15) is 17.1 Å². The molecule has 1 atom stereocenters. The average molecular weight is 662 g/mol. The number of benzene rings is 3. The molecule has 3 aliphatic heterocycles. The summed E-state index contributed by atoms with van der Waals surface area (Å²) >= 11 is 7.04. The third-order valence-electron chi connectivity index (χ3n) is 8.98. The van der Waals surface area contributed by atoms with Crippen molar-refractivity contribution in [3.63, 3.8) is 0 Å². The van der Waals surface area contributed by atoms with E-state index < -0.39 is 17.1 Å². The fourth-order valence-corrected chi connectivity index (χ4v) is 6.53. The number of piperidine rings is 1. The SMILES string of the molecule is CC(C)(C)OC(=O)N1CCC(C2Oc3cc(-c4cc(OC(=O)C(C)(C)C)cc5ccccc45)c(Cl)cc3N(CC3CNC3)C2=O)CC1. The van der Waals surface area contributed by atoms with E-state index >= 15 is 0 Å². The highest BCUT2D eigenvalue weighted by Gasteiger charge is 2.43. The number of fused-ring (bicyclic) bond motifs is 2. The molecule has 2 fully saturated rings. The van der Waals surface area contributed by atoms with E-state index in [1.165, 1.54) is 0 Å². The summed E-state index contributed by atoms with van der Waals surface area (Å²) in [4.78, 5) is 43.2. The molecule has 3 aromatic rings. The second kappa shape index (κ2) is 12.7. The topological polar surface area (TPSA) is 97.4 Å². The zero-order valence-corrected chi connectivity index (χ0v) is 28.8. The van der Waals surface area contributed by atoms with Gasteiger partial charge in [0.25, 0.3) is 5.91 Å². The van der Waals surface area contributed by atoms with Crippen LogP contribution in [0.1, 0.15) is 54.4 Å². The minimum atomic E-state index is -0.693. The molecule has 3 heterocycles. The fourth-order valence-electron chi connectivity index (χ4n) is 6.27. The van der Waals surface area contributed by atoms with Crippen LogP contribution >= 0.6 is 11.6 Å². The second-order valence-corrected chi connectivity index (χ2v) is 15.4. The summed E-state index contributed by atoms with van der Waals surface area (Å²) in [6.07, 6.45) is 0.214. The molecule has 0 bridgehead atoms. The molecule has 3 aliphatic rings. The molecule has 250 valence electrons. The minimum absolute atomic E-state index is 0.0727. The first-order valence-electron chi connectivity index (χ1n) is 16.4. The Hall–Kier alpha value is -3.82. The Morgan fingerprint density at radius 3 is 2.32 bits per heavy atom. The average Bonchev–Trinajstić information content (AvgIpc) is 2.98. The van der Waals surface area contributed by atoms with Crippen LogP contribution in [0.15, 0.2) is 48.5 Å². The lowest BCUT2D eigenvalue weighted by Gasteiger charge is -2.42. The molecule has 1 unspecified atom stereocenters. The molecule has 10 heteroatoms. The van der Waals surface area contributed by atoms with Gasteiger partial charge in [0, 0.05) is 50.1 Å². The third-order valence-corrected chi connectivity index (χ3v) is 9.29. The molecular formula is C37H44ClN3O6. The number of likely N-dealkylation sites (tertiary alicyclic amines) is 1. The Morgan fingerprint density at radius 2 is 1.68 bits per heavy atom. The Bertz CT molecular complexity index is 1700. The number of esters is 1. The maximum Gasteiger partial charge on any atom is 0.410 e. The number of hydrogen-bond acceptors (Lipinski definition) is 7. The first-order chi connectivity index (χ1) is 22.2. The van der Waals surface area contributed by atoms with E-state index in [4.69, 9.17) is 25.8 Å². The van der Waals surface area contributed by atoms with Crippen LogP contribution in [0.4, 0.5) is 10.5 Å². The molecular weight excluding hydrogens is 618 g/mol. The van der Waals surface area contributed by atoms with Gasteiger partial charge in [-0.2, -0.15) is 0 Å². The molecule has 9 nitrogen and oxygen atoms in total. The zero-order valence-electron chi connectivity index (χ0n) is 28.0. The van der Waals surface area contributed by atoms with Gasteiger partial charge in [-0.05, 0) is 95.0 Å². The summed E-state index contributed by atoms with van der Waals surface area (Å²) in [6.45, 7) is 14.3. The monoisotopic (exact) mass is 661 g/mol. The van der Waals surface area contributed by atoms with Gasteiger partial charge in [-0.25, -0.2) is 4.79 Å². The van der Waals surface area contributed by atoms with E-state index in [-0.39, 0.29) is 23.9 Å². The third kappa shape index (κ3) is 7.06. The van der Waals surface area contributed by atoms with E-state index in [0.717, 1.165) is 29.4 Å². The summed E-state index contributed by atoms with van der Waals surface area (Å²) in [5.74, 6) is 0.853. The van der Waals surface area contributed by atoms with Crippen molar-refractivity contribution >= 4 is 46.0 Å². The first-order valence-corrected chi connectivity index (χ1v) is 16.8. The van der Waals surface area contributed by atoms with Crippen LogP contribution in [-0.4, -0.2) is 67.3 Å². The number of hydrogen-bond donors (Lipinski definition) is 1. The smallest absolute Gasteiger partial charge is 0.410 e. The highest BCUT2D eigenvalue weighted by molar-refractivity contribution is 6.34. The number of anilines is 1. The normalized spacial score (nSPS) is 19.2. The number of nitrogens with one attached hydrogen (secondary N) is 1. The maximum absolute atomic E-state index is 14.1. The highest BCUT2D eigenvalue weighted by Crippen LogP contribution is 2.46. The lowest BCUT2D eigenvalue weighted by molar-refractivity contribution is -0.143. The summed E-state index contributed by atoms with van der Waals surface area (Å²) in [6, 6.07) is 15.3. The van der Waals surface area contributed by atoms with Gasteiger partial charge < -0.3 is 29.3 Å². The fraction of sp³-hybridized carbons (Fsp3) is 0.486. The van der Waals surface area contributed by atoms with Crippen molar-refractivity contribution in [3.8, 4) is 22.6 Å². The van der Waals surface area contributed by atoms with Crippen molar-refractivity contribution in [1.82, 2.24) is 10.2 Å². The highest BCUT2D eigenvalue weighted by atomic mass is 35.5. The number of carbonyl (C=O) groups is 3. The van der Waals surface area contributed by atoms with Crippen molar-refractivity contribution in [2.45, 2.75) is 66.1 Å². The summed E-state index contributed by atoms with van der Waals surface area (Å²) < 4.78 is 18.0. The Labute approximate surface area is 281 Å². The van der Waals surface area contributed by atoms with E-state index in [0.29, 0.717) is 66.2 Å². The van der Waals surface area contributed by atoms with Crippen LogP contribution in [0.5, 0.6) is 11.5 Å². The van der Waals surface area contributed by atoms with Gasteiger partial charge in [0.2, 0.25) is 0 Å². The van der Waals surface area contributed by atoms with Gasteiger partial charge in [0.15, 0.2) is 6.10 Å². The number of nitrogens with zero attached hydrogens (tertiary/aromatic N) is 2. The number of rotatable bonds is 5. The molecule has 2 amide bonds. The Morgan fingerprint density at radius 1 is 0.979 bits per heavy atom. The van der Waals surface area contributed by atoms with Crippen molar-refractivity contribution in [2.24, 2.45) is 17.3 Å². The summed E-state index contributed by atoms with van der Waals surface area (Å²) in [5.41, 5.74) is 0.915. The van der Waals surface area contributed by atoms with Crippen molar-refractivity contribution in [1.29, 1.82) is 0 Å². The first kappa shape index (κ1) is 33.1. The van der Waals surface area contributed by atoms with Gasteiger partial charge in [-0.3, -0.25) is 9.59 Å². The standard InChI is InChI=1S/C37H44ClN3O6/c1-36(2,3)34(43)45-25-15-24-9-7-8-10-26(24)27(16-25)28-17-31-30(18-29(28)38)41(21-22-19-39-20-22)33(42)32(46-31)23-11-13-40(14-12-23)35(44)47-37(4,5)6/h7-10,15-18,22-23,32,39H,11-14,19-21H2,1-6H3. The number of ether oxygens (including phenoxy) is 3. The largest absolute Gasteiger partial charge is 0.478 e. The van der Waals surface area contributed by atoms with E-state index in [1.807, 2.05) is 95.0 Å². The summed E-state index contributed by atoms with van der Waals surface area (Å²) in [7, 11) is 0. The van der Waals surface area contributed by atoms with Gasteiger partial charge >= 0.3 is 12.1 Å². The van der Waals surface area contributed by atoms with Crippen molar-refractivity contribution in [2.75, 3.05) is 37.6 Å². The molecule has 0 spiro atoms. The van der Waals surface area contributed by atoms with Crippen LogP contribution in [-0.2, 0) is 14.3 Å². The van der Waals surface area contributed by atoms with E-state index in [2.05, 4.69) is 5.32 Å². The number of halogens is 1. The Balaban J connectivity index is 1.35. The van der Waals surface area contributed by atoms with Crippen molar-refractivity contribution < 1.29 is 28.6 Å². The maximum atomic E-state index is 14.1. The molecule has 0 aliphatic carbocycles. The van der Waals surface area contributed by atoms with Crippen LogP contribution < -0.4 is 19.7 Å². The van der Waals surface area contributed by atoms with Gasteiger partial charge in [0.05, 0.1) is 16.1 Å². The van der Waals surface area contributed by atoms with E-state index in [1.54, 1.807) is 4.90 Å². The van der Waals surface area contributed by atoms with Crippen LogP contribution in [0.2, 0.25) is 5.02 Å². The van der Waals surface area contributed by atoms with Crippen molar-refractivity contribution in [3.05, 3.63) is 53.6 Å². The number of amides is 2. The molecule has 0 saturated carbocycles. The predicted molar refractivity (Wildman–Crippen MR) is 183 cm³/mol. The Kier molecular flexibility index (Phi) is 8.91. The molecule has 1 N–H and O–H groups in total.